The summed E-state index contributed by atoms with van der Waals surface area (Å²) in [4.78, 5) is 5.93. The van der Waals surface area contributed by atoms with Crippen molar-refractivity contribution in [3.8, 4) is 0 Å². The Bertz CT molecular complexity index is 342. The van der Waals surface area contributed by atoms with E-state index in [2.05, 4.69) is 10.4 Å². The Kier molecular flexibility index (Phi) is 7.09. The van der Waals surface area contributed by atoms with Gasteiger partial charge in [0.2, 0.25) is 5.96 Å². The van der Waals surface area contributed by atoms with E-state index < -0.39 is 9.84 Å². The number of nitrogens with one attached hydrogen (secondary N) is 1. The molecule has 0 aromatic heterocycles. The van der Waals surface area contributed by atoms with Crippen LogP contribution in [0.4, 0.5) is 0 Å². The molecule has 102 valence electrons. The van der Waals surface area contributed by atoms with Crippen LogP contribution in [0.2, 0.25) is 0 Å². The first-order valence-electron chi connectivity index (χ1n) is 5.22. The fourth-order valence-corrected chi connectivity index (χ4v) is 1.75. The third-order valence-corrected chi connectivity index (χ3v) is 2.96. The highest BCUT2D eigenvalue weighted by Gasteiger charge is 2.10. The molecule has 17 heavy (non-hydrogen) atoms. The Morgan fingerprint density at radius 2 is 2.18 bits per heavy atom. The van der Waals surface area contributed by atoms with Gasteiger partial charge in [-0.1, -0.05) is 0 Å². The second kappa shape index (κ2) is 7.46. The quantitative estimate of drug-likeness (QED) is 0.272. The number of aliphatic imine (C=N–C) groups is 1. The molecule has 3 N–H and O–H groups in total. The molecule has 8 heteroatoms. The van der Waals surface area contributed by atoms with E-state index in [1.54, 1.807) is 19.1 Å². The fraction of sp³-hybridized carbons (Fsp3) is 0.889. The lowest BCUT2D eigenvalue weighted by atomic mass is 10.4. The summed E-state index contributed by atoms with van der Waals surface area (Å²) in [6, 6.07) is -0.0493. The van der Waals surface area contributed by atoms with Crippen LogP contribution in [0.15, 0.2) is 4.99 Å². The van der Waals surface area contributed by atoms with Crippen LogP contribution in [0.1, 0.15) is 6.92 Å². The molecule has 0 bridgehead atoms. The number of hydrogen-bond acceptors (Lipinski definition) is 5. The number of rotatable bonds is 6. The van der Waals surface area contributed by atoms with Gasteiger partial charge in [0, 0.05) is 27.0 Å². The highest BCUT2D eigenvalue weighted by Crippen LogP contribution is 1.94. The van der Waals surface area contributed by atoms with Crippen LogP contribution in [0.3, 0.4) is 0 Å². The van der Waals surface area contributed by atoms with Crippen LogP contribution in [-0.2, 0) is 14.6 Å². The van der Waals surface area contributed by atoms with Gasteiger partial charge >= 0.3 is 0 Å². The van der Waals surface area contributed by atoms with Gasteiger partial charge in [-0.25, -0.2) is 19.3 Å². The van der Waals surface area contributed by atoms with E-state index in [9.17, 15) is 8.42 Å². The molecule has 1 atom stereocenters. The molecule has 0 aliphatic heterocycles. The average Bonchev–Trinajstić information content (AvgIpc) is 2.22. The number of ether oxygens (including phenoxy) is 1. The minimum Gasteiger partial charge on any atom is -0.382 e. The van der Waals surface area contributed by atoms with Crippen molar-refractivity contribution in [3.05, 3.63) is 0 Å². The van der Waals surface area contributed by atoms with Crippen LogP contribution >= 0.6 is 0 Å². The molecule has 0 aromatic rings. The zero-order valence-electron chi connectivity index (χ0n) is 10.8. The molecule has 7 nitrogen and oxygen atoms in total. The lowest BCUT2D eigenvalue weighted by molar-refractivity contribution is 0.185. The first-order valence-corrected chi connectivity index (χ1v) is 7.28. The van der Waals surface area contributed by atoms with Gasteiger partial charge in [-0.05, 0) is 6.92 Å². The lowest BCUT2D eigenvalue weighted by Gasteiger charge is -2.21. The number of methoxy groups -OCH3 is 1. The van der Waals surface area contributed by atoms with Crippen molar-refractivity contribution in [2.45, 2.75) is 13.0 Å². The second-order valence-electron chi connectivity index (χ2n) is 3.95. The van der Waals surface area contributed by atoms with E-state index in [0.29, 0.717) is 19.1 Å². The van der Waals surface area contributed by atoms with Crippen LogP contribution in [0, 0.1) is 0 Å². The fourth-order valence-electron chi connectivity index (χ4n) is 1.14. The molecular formula is C9H22N4O3S. The van der Waals surface area contributed by atoms with Crippen molar-refractivity contribution in [1.29, 1.82) is 0 Å². The molecule has 0 amide bonds. The van der Waals surface area contributed by atoms with Crippen LogP contribution in [-0.4, -0.2) is 64.6 Å². The van der Waals surface area contributed by atoms with Crippen LogP contribution in [0.5, 0.6) is 0 Å². The maximum Gasteiger partial charge on any atom is 0.208 e. The van der Waals surface area contributed by atoms with Gasteiger partial charge in [0.05, 0.1) is 18.4 Å². The molecule has 1 unspecified atom stereocenters. The molecule has 0 saturated heterocycles. The molecular weight excluding hydrogens is 244 g/mol. The van der Waals surface area contributed by atoms with Crippen molar-refractivity contribution in [2.24, 2.45) is 10.8 Å². The topological polar surface area (TPSA) is 97.0 Å². The van der Waals surface area contributed by atoms with Crippen molar-refractivity contribution in [1.82, 2.24) is 10.3 Å². The predicted octanol–water partition coefficient (Wildman–Crippen LogP) is -1.18. The van der Waals surface area contributed by atoms with Gasteiger partial charge < -0.3 is 9.64 Å². The number of nitrogens with zero attached hydrogens (tertiary/aromatic N) is 2. The first-order chi connectivity index (χ1) is 7.80. The van der Waals surface area contributed by atoms with Crippen molar-refractivity contribution in [2.75, 3.05) is 39.3 Å². The minimum atomic E-state index is -2.99. The summed E-state index contributed by atoms with van der Waals surface area (Å²) in [5, 5.41) is 0. The highest BCUT2D eigenvalue weighted by atomic mass is 32.2. The summed E-state index contributed by atoms with van der Waals surface area (Å²) in [7, 11) is 0.328. The smallest absolute Gasteiger partial charge is 0.208 e. The number of hydrogen-bond donors (Lipinski definition) is 2. The summed E-state index contributed by atoms with van der Waals surface area (Å²) < 4.78 is 27.0. The number of hydrazine groups is 1. The van der Waals surface area contributed by atoms with E-state index >= 15 is 0 Å². The third-order valence-electron chi connectivity index (χ3n) is 2.04. The van der Waals surface area contributed by atoms with E-state index in [4.69, 9.17) is 10.6 Å². The summed E-state index contributed by atoms with van der Waals surface area (Å²) in [5.74, 6) is 5.85. The van der Waals surface area contributed by atoms with Crippen molar-refractivity contribution in [3.63, 3.8) is 0 Å². The van der Waals surface area contributed by atoms with Gasteiger partial charge in [-0.15, -0.1) is 0 Å². The summed E-state index contributed by atoms with van der Waals surface area (Å²) in [5.41, 5.74) is 2.45. The monoisotopic (exact) mass is 266 g/mol. The average molecular weight is 266 g/mol. The summed E-state index contributed by atoms with van der Waals surface area (Å²) in [6.07, 6.45) is 1.20. The highest BCUT2D eigenvalue weighted by molar-refractivity contribution is 7.90. The van der Waals surface area contributed by atoms with Crippen LogP contribution < -0.4 is 11.3 Å². The molecule has 0 fully saturated rings. The Labute approximate surface area is 103 Å². The van der Waals surface area contributed by atoms with Gasteiger partial charge in [0.15, 0.2) is 0 Å². The third kappa shape index (κ3) is 7.94. The van der Waals surface area contributed by atoms with Gasteiger partial charge in [-0.3, -0.25) is 5.43 Å². The first kappa shape index (κ1) is 16.1. The lowest BCUT2D eigenvalue weighted by Crippen LogP contribution is -2.45. The summed E-state index contributed by atoms with van der Waals surface area (Å²) in [6.45, 7) is 2.69. The minimum absolute atomic E-state index is 0.0493. The predicted molar refractivity (Wildman–Crippen MR) is 68.4 cm³/mol. The zero-order valence-corrected chi connectivity index (χ0v) is 11.6. The van der Waals surface area contributed by atoms with Crippen molar-refractivity contribution < 1.29 is 13.2 Å². The van der Waals surface area contributed by atoms with E-state index in [-0.39, 0.29) is 11.8 Å². The normalized spacial score (nSPS) is 14.5. The number of nitrogens with two attached hydrogens (primary N) is 1. The molecule has 0 radical (unpaired) electrons. The SMILES string of the molecule is COCC(C)N=C(NN)N(C)CCS(C)(=O)=O. The molecule has 0 aromatic carbocycles. The van der Waals surface area contributed by atoms with Gasteiger partial charge in [0.1, 0.15) is 9.84 Å². The Balaban J connectivity index is 4.44. The molecule has 0 heterocycles. The van der Waals surface area contributed by atoms with Gasteiger partial charge in [0.25, 0.3) is 0 Å². The zero-order chi connectivity index (χ0) is 13.5. The Morgan fingerprint density at radius 1 is 1.59 bits per heavy atom. The Morgan fingerprint density at radius 3 is 2.59 bits per heavy atom. The summed E-state index contributed by atoms with van der Waals surface area (Å²) >= 11 is 0. The molecule has 0 aliphatic rings. The molecule has 0 spiro atoms. The maximum absolute atomic E-state index is 11.0. The van der Waals surface area contributed by atoms with E-state index in [1.807, 2.05) is 6.92 Å². The van der Waals surface area contributed by atoms with Gasteiger partial charge in [-0.2, -0.15) is 0 Å². The molecule has 0 saturated carbocycles. The van der Waals surface area contributed by atoms with E-state index in [0.717, 1.165) is 0 Å². The van der Waals surface area contributed by atoms with Crippen molar-refractivity contribution >= 4 is 15.8 Å². The number of sulfone groups is 1. The standard InChI is InChI=1S/C9H22N4O3S/c1-8(7-16-3)11-9(12-10)13(2)5-6-17(4,14)15/h8H,5-7,10H2,1-4H3,(H,11,12). The van der Waals surface area contributed by atoms with Crippen LogP contribution in [0.25, 0.3) is 0 Å². The molecule has 0 aliphatic carbocycles. The number of guanidine groups is 1. The largest absolute Gasteiger partial charge is 0.382 e. The maximum atomic E-state index is 11.0. The van der Waals surface area contributed by atoms with E-state index in [1.165, 1.54) is 6.26 Å². The second-order valence-corrected chi connectivity index (χ2v) is 6.21. The molecule has 0 rings (SSSR count). The Hall–Kier alpha value is -0.860.